The van der Waals surface area contributed by atoms with Crippen LogP contribution in [0.15, 0.2) is 66.9 Å². The molecule has 11 heteroatoms. The maximum absolute atomic E-state index is 12.3. The summed E-state index contributed by atoms with van der Waals surface area (Å²) in [7, 11) is 0. The summed E-state index contributed by atoms with van der Waals surface area (Å²) in [5.41, 5.74) is -0.519. The van der Waals surface area contributed by atoms with Crippen LogP contribution in [0.1, 0.15) is 20.8 Å². The van der Waals surface area contributed by atoms with Crippen LogP contribution < -0.4 is 10.6 Å². The average molecular weight is 407 g/mol. The van der Waals surface area contributed by atoms with Gasteiger partial charge in [0.25, 0.3) is 23.2 Å². The molecular formula is C19H13N5O6. The van der Waals surface area contributed by atoms with E-state index in [0.717, 1.165) is 6.20 Å². The average Bonchev–Trinajstić information content (AvgIpc) is 2.74. The molecule has 0 saturated carbocycles. The second-order valence-corrected chi connectivity index (χ2v) is 5.89. The van der Waals surface area contributed by atoms with Crippen molar-refractivity contribution < 1.29 is 19.4 Å². The molecule has 30 heavy (non-hydrogen) atoms. The van der Waals surface area contributed by atoms with Gasteiger partial charge in [-0.2, -0.15) is 0 Å². The van der Waals surface area contributed by atoms with Gasteiger partial charge in [0.1, 0.15) is 17.1 Å². The van der Waals surface area contributed by atoms with E-state index in [1.807, 2.05) is 0 Å². The maximum atomic E-state index is 12.3. The van der Waals surface area contributed by atoms with Gasteiger partial charge in [-0.15, -0.1) is 0 Å². The number of aromatic nitrogens is 1. The Bertz CT molecular complexity index is 1060. The maximum Gasteiger partial charge on any atom is 0.292 e. The number of carbonyl (C=O) groups excluding carboxylic acids is 2. The van der Waals surface area contributed by atoms with Crippen molar-refractivity contribution in [3.8, 4) is 0 Å². The molecule has 2 N–H and O–H groups in total. The lowest BCUT2D eigenvalue weighted by Gasteiger charge is -2.07. The zero-order valence-electron chi connectivity index (χ0n) is 15.1. The van der Waals surface area contributed by atoms with E-state index in [1.54, 1.807) is 0 Å². The van der Waals surface area contributed by atoms with Crippen LogP contribution in [0.5, 0.6) is 0 Å². The molecule has 0 radical (unpaired) electrons. The fourth-order valence-corrected chi connectivity index (χ4v) is 2.52. The number of para-hydroxylation sites is 4. The quantitative estimate of drug-likeness (QED) is 0.468. The number of anilines is 2. The lowest BCUT2D eigenvalue weighted by Crippen LogP contribution is -2.17. The van der Waals surface area contributed by atoms with Crippen molar-refractivity contribution >= 4 is 34.6 Å². The smallest absolute Gasteiger partial charge is 0.292 e. The van der Waals surface area contributed by atoms with Gasteiger partial charge in [-0.3, -0.25) is 34.8 Å². The number of nitrogens with zero attached hydrogens (tertiary/aromatic N) is 3. The molecule has 0 unspecified atom stereocenters. The molecule has 2 aromatic carbocycles. The van der Waals surface area contributed by atoms with Crippen molar-refractivity contribution in [1.82, 2.24) is 4.98 Å². The van der Waals surface area contributed by atoms with Crippen molar-refractivity contribution in [2.45, 2.75) is 0 Å². The standard InChI is InChI=1S/C19H13N5O6/c25-18(21-13-5-1-3-7-16(13)23(27)28)12-9-10-15(20-11-12)19(26)22-14-6-2-4-8-17(14)24(29)30/h1-11H,(H,21,25)(H,22,26). The Hall–Kier alpha value is -4.67. The number of carbonyl (C=O) groups is 2. The van der Waals surface area contributed by atoms with Crippen molar-refractivity contribution in [3.05, 3.63) is 98.3 Å². The molecule has 150 valence electrons. The van der Waals surface area contributed by atoms with E-state index in [0.29, 0.717) is 0 Å². The molecule has 0 aliphatic heterocycles. The summed E-state index contributed by atoms with van der Waals surface area (Å²) < 4.78 is 0. The Balaban J connectivity index is 1.74. The van der Waals surface area contributed by atoms with Crippen molar-refractivity contribution in [1.29, 1.82) is 0 Å². The Morgan fingerprint density at radius 2 is 1.23 bits per heavy atom. The highest BCUT2D eigenvalue weighted by molar-refractivity contribution is 6.07. The van der Waals surface area contributed by atoms with Crippen LogP contribution in [0.2, 0.25) is 0 Å². The lowest BCUT2D eigenvalue weighted by molar-refractivity contribution is -0.384. The van der Waals surface area contributed by atoms with Gasteiger partial charge in [-0.05, 0) is 24.3 Å². The monoisotopic (exact) mass is 407 g/mol. The highest BCUT2D eigenvalue weighted by atomic mass is 16.6. The van der Waals surface area contributed by atoms with Crippen LogP contribution in [-0.4, -0.2) is 26.6 Å². The van der Waals surface area contributed by atoms with Crippen molar-refractivity contribution in [2.24, 2.45) is 0 Å². The fourth-order valence-electron chi connectivity index (χ4n) is 2.52. The lowest BCUT2D eigenvalue weighted by atomic mass is 10.2. The molecule has 1 aromatic heterocycles. The van der Waals surface area contributed by atoms with E-state index in [-0.39, 0.29) is 34.0 Å². The predicted molar refractivity (Wildman–Crippen MR) is 106 cm³/mol. The van der Waals surface area contributed by atoms with Crippen LogP contribution in [0.4, 0.5) is 22.7 Å². The summed E-state index contributed by atoms with van der Waals surface area (Å²) in [6, 6.07) is 13.9. The first-order chi connectivity index (χ1) is 14.4. The summed E-state index contributed by atoms with van der Waals surface area (Å²) in [6.07, 6.45) is 1.12. The molecule has 0 fully saturated rings. The van der Waals surface area contributed by atoms with Gasteiger partial charge in [0.15, 0.2) is 0 Å². The number of rotatable bonds is 6. The van der Waals surface area contributed by atoms with Gasteiger partial charge in [-0.1, -0.05) is 24.3 Å². The fraction of sp³-hybridized carbons (Fsp3) is 0. The molecule has 3 aromatic rings. The third kappa shape index (κ3) is 4.42. The zero-order chi connectivity index (χ0) is 21.7. The van der Waals surface area contributed by atoms with Crippen LogP contribution in [0.3, 0.4) is 0 Å². The third-order valence-electron chi connectivity index (χ3n) is 3.96. The van der Waals surface area contributed by atoms with Gasteiger partial charge < -0.3 is 10.6 Å². The van der Waals surface area contributed by atoms with Gasteiger partial charge in [-0.25, -0.2) is 0 Å². The second kappa shape index (κ2) is 8.56. The minimum absolute atomic E-state index is 0.00695. The highest BCUT2D eigenvalue weighted by Crippen LogP contribution is 2.25. The summed E-state index contributed by atoms with van der Waals surface area (Å²) >= 11 is 0. The molecule has 0 saturated heterocycles. The van der Waals surface area contributed by atoms with E-state index in [4.69, 9.17) is 0 Å². The Labute approximate surface area is 168 Å². The number of nitrogens with one attached hydrogen (secondary N) is 2. The predicted octanol–water partition coefficient (Wildman–Crippen LogP) is 3.40. The number of nitro groups is 2. The highest BCUT2D eigenvalue weighted by Gasteiger charge is 2.18. The molecule has 0 aliphatic rings. The largest absolute Gasteiger partial charge is 0.316 e. The van der Waals surface area contributed by atoms with E-state index < -0.39 is 21.7 Å². The molecular weight excluding hydrogens is 394 g/mol. The molecule has 0 aliphatic carbocycles. The zero-order valence-corrected chi connectivity index (χ0v) is 15.1. The number of benzene rings is 2. The van der Waals surface area contributed by atoms with Crippen LogP contribution in [0, 0.1) is 20.2 Å². The first-order valence-electron chi connectivity index (χ1n) is 8.42. The van der Waals surface area contributed by atoms with Gasteiger partial charge in [0.05, 0.1) is 15.4 Å². The second-order valence-electron chi connectivity index (χ2n) is 5.89. The summed E-state index contributed by atoms with van der Waals surface area (Å²) in [4.78, 5) is 49.3. The Morgan fingerprint density at radius 1 is 0.733 bits per heavy atom. The van der Waals surface area contributed by atoms with Crippen LogP contribution >= 0.6 is 0 Å². The van der Waals surface area contributed by atoms with Gasteiger partial charge in [0.2, 0.25) is 0 Å². The van der Waals surface area contributed by atoms with E-state index in [9.17, 15) is 29.8 Å². The van der Waals surface area contributed by atoms with E-state index in [2.05, 4.69) is 15.6 Å². The molecule has 1 heterocycles. The van der Waals surface area contributed by atoms with E-state index >= 15 is 0 Å². The SMILES string of the molecule is O=C(Nc1ccccc1[N+](=O)[O-])c1ccc(C(=O)Nc2ccccc2[N+](=O)[O-])nc1. The summed E-state index contributed by atoms with van der Waals surface area (Å²) in [5.74, 6) is -1.35. The normalized spacial score (nSPS) is 10.1. The number of nitro benzene ring substituents is 2. The molecule has 11 nitrogen and oxygen atoms in total. The van der Waals surface area contributed by atoms with Crippen LogP contribution in [-0.2, 0) is 0 Å². The number of amides is 2. The number of hydrogen-bond acceptors (Lipinski definition) is 7. The minimum atomic E-state index is -0.699. The van der Waals surface area contributed by atoms with Crippen molar-refractivity contribution in [2.75, 3.05) is 10.6 Å². The number of hydrogen-bond donors (Lipinski definition) is 2. The Morgan fingerprint density at radius 3 is 1.70 bits per heavy atom. The van der Waals surface area contributed by atoms with Gasteiger partial charge >= 0.3 is 0 Å². The third-order valence-corrected chi connectivity index (χ3v) is 3.96. The summed E-state index contributed by atoms with van der Waals surface area (Å²) in [6.45, 7) is 0. The first kappa shape index (κ1) is 20.1. The van der Waals surface area contributed by atoms with Gasteiger partial charge in [0, 0.05) is 18.3 Å². The van der Waals surface area contributed by atoms with Crippen molar-refractivity contribution in [3.63, 3.8) is 0 Å². The summed E-state index contributed by atoms with van der Waals surface area (Å²) in [5, 5.41) is 26.9. The molecule has 3 rings (SSSR count). The number of pyridine rings is 1. The first-order valence-corrected chi connectivity index (χ1v) is 8.42. The molecule has 0 bridgehead atoms. The Kier molecular flexibility index (Phi) is 5.73. The molecule has 0 spiro atoms. The van der Waals surface area contributed by atoms with Crippen LogP contribution in [0.25, 0.3) is 0 Å². The van der Waals surface area contributed by atoms with E-state index in [1.165, 1.54) is 60.7 Å². The topological polar surface area (TPSA) is 157 Å². The molecule has 0 atom stereocenters. The minimum Gasteiger partial charge on any atom is -0.316 e. The molecule has 2 amide bonds.